The van der Waals surface area contributed by atoms with E-state index in [9.17, 15) is 0 Å². The molecule has 0 radical (unpaired) electrons. The molecule has 0 aliphatic heterocycles. The third-order valence-corrected chi connectivity index (χ3v) is 4.12. The lowest BCUT2D eigenvalue weighted by Gasteiger charge is -2.21. The number of hydrogen-bond donors (Lipinski definition) is 0. The van der Waals surface area contributed by atoms with Crippen molar-refractivity contribution in [2.24, 2.45) is 5.92 Å². The maximum absolute atomic E-state index is 6.36. The van der Waals surface area contributed by atoms with Crippen LogP contribution in [0.3, 0.4) is 0 Å². The lowest BCUT2D eigenvalue weighted by Crippen LogP contribution is -2.07. The van der Waals surface area contributed by atoms with E-state index in [0.29, 0.717) is 5.92 Å². The molecule has 0 atom stereocenters. The normalized spacial score (nSPS) is 15.6. The van der Waals surface area contributed by atoms with Crippen LogP contribution in [0.4, 0.5) is 0 Å². The third-order valence-electron chi connectivity index (χ3n) is 3.77. The minimum absolute atomic E-state index is 0.505. The molecule has 0 spiro atoms. The summed E-state index contributed by atoms with van der Waals surface area (Å²) in [4.78, 5) is 0. The van der Waals surface area contributed by atoms with Crippen molar-refractivity contribution in [2.45, 2.75) is 47.0 Å². The average Bonchev–Trinajstić information content (AvgIpc) is 2.40. The van der Waals surface area contributed by atoms with Crippen molar-refractivity contribution in [3.8, 4) is 5.75 Å². The molecule has 0 saturated carbocycles. The van der Waals surface area contributed by atoms with Crippen LogP contribution in [0.25, 0.3) is 0 Å². The van der Waals surface area contributed by atoms with E-state index in [1.165, 1.54) is 16.7 Å². The summed E-state index contributed by atoms with van der Waals surface area (Å²) in [6.45, 7) is 8.64. The van der Waals surface area contributed by atoms with E-state index in [2.05, 4.69) is 45.9 Å². The Bertz CT molecular complexity index is 553. The van der Waals surface area contributed by atoms with Crippen molar-refractivity contribution in [1.82, 2.24) is 0 Å². The van der Waals surface area contributed by atoms with Crippen LogP contribution in [0, 0.1) is 12.8 Å². The zero-order valence-corrected chi connectivity index (χ0v) is 13.6. The van der Waals surface area contributed by atoms with E-state index in [-0.39, 0.29) is 0 Å². The molecule has 2 heteroatoms. The second kappa shape index (κ2) is 6.49. The number of ether oxygens (including phenoxy) is 1. The highest BCUT2D eigenvalue weighted by atomic mass is 35.5. The van der Waals surface area contributed by atoms with Crippen molar-refractivity contribution < 1.29 is 4.74 Å². The molecule has 0 heterocycles. The molecule has 108 valence electrons. The Balaban J connectivity index is 2.22. The second-order valence-corrected chi connectivity index (χ2v) is 6.11. The molecule has 1 aromatic carbocycles. The lowest BCUT2D eigenvalue weighted by molar-refractivity contribution is 0.393. The average molecular weight is 291 g/mol. The number of halogens is 1. The van der Waals surface area contributed by atoms with Crippen molar-refractivity contribution in [2.75, 3.05) is 0 Å². The van der Waals surface area contributed by atoms with Crippen molar-refractivity contribution in [3.63, 3.8) is 0 Å². The van der Waals surface area contributed by atoms with Gasteiger partial charge in [-0.2, -0.15) is 0 Å². The topological polar surface area (TPSA) is 9.23 Å². The van der Waals surface area contributed by atoms with E-state index in [1.54, 1.807) is 0 Å². The Morgan fingerprint density at radius 1 is 1.25 bits per heavy atom. The molecule has 1 aromatic rings. The summed E-state index contributed by atoms with van der Waals surface area (Å²) in [5.41, 5.74) is 3.85. The van der Waals surface area contributed by atoms with Gasteiger partial charge in [-0.3, -0.25) is 0 Å². The fraction of sp³-hybridized carbons (Fsp3) is 0.444. The van der Waals surface area contributed by atoms with Gasteiger partial charge in [0, 0.05) is 11.5 Å². The van der Waals surface area contributed by atoms with Crippen LogP contribution >= 0.6 is 11.6 Å². The molecule has 2 rings (SSSR count). The third kappa shape index (κ3) is 3.46. The number of rotatable bonds is 4. The van der Waals surface area contributed by atoms with Gasteiger partial charge in [0.1, 0.15) is 11.5 Å². The first-order chi connectivity index (χ1) is 9.51. The number of allylic oxidation sites excluding steroid dienone is 4. The fourth-order valence-electron chi connectivity index (χ4n) is 2.55. The summed E-state index contributed by atoms with van der Waals surface area (Å²) < 4.78 is 6.07. The first kappa shape index (κ1) is 15.2. The highest BCUT2D eigenvalue weighted by Gasteiger charge is 2.16. The zero-order valence-electron chi connectivity index (χ0n) is 12.8. The van der Waals surface area contributed by atoms with Crippen molar-refractivity contribution >= 4 is 11.6 Å². The molecular weight excluding hydrogens is 268 g/mol. The van der Waals surface area contributed by atoms with Gasteiger partial charge in [0.2, 0.25) is 0 Å². The summed E-state index contributed by atoms with van der Waals surface area (Å²) in [6, 6.07) is 6.34. The maximum Gasteiger partial charge on any atom is 0.130 e. The van der Waals surface area contributed by atoms with E-state index in [0.717, 1.165) is 35.8 Å². The van der Waals surface area contributed by atoms with Gasteiger partial charge >= 0.3 is 0 Å². The first-order valence-corrected chi connectivity index (χ1v) is 7.75. The quantitative estimate of drug-likeness (QED) is 0.685. The number of hydrogen-bond acceptors (Lipinski definition) is 1. The predicted octanol–water partition coefficient (Wildman–Crippen LogP) is 5.76. The highest BCUT2D eigenvalue weighted by molar-refractivity contribution is 6.31. The molecule has 20 heavy (non-hydrogen) atoms. The largest absolute Gasteiger partial charge is 0.461 e. The van der Waals surface area contributed by atoms with E-state index >= 15 is 0 Å². The van der Waals surface area contributed by atoms with Gasteiger partial charge in [0.15, 0.2) is 0 Å². The molecule has 1 aliphatic rings. The van der Waals surface area contributed by atoms with Crippen LogP contribution < -0.4 is 4.74 Å². The molecule has 0 aromatic heterocycles. The van der Waals surface area contributed by atoms with Gasteiger partial charge in [0.05, 0.1) is 0 Å². The summed E-state index contributed by atoms with van der Waals surface area (Å²) in [5.74, 6) is 2.44. The van der Waals surface area contributed by atoms with E-state index in [1.807, 2.05) is 6.08 Å². The van der Waals surface area contributed by atoms with Crippen LogP contribution in [-0.4, -0.2) is 0 Å². The van der Waals surface area contributed by atoms with Gasteiger partial charge in [-0.1, -0.05) is 50.1 Å². The Morgan fingerprint density at radius 2 is 2.00 bits per heavy atom. The second-order valence-electron chi connectivity index (χ2n) is 5.71. The Labute approximate surface area is 127 Å². The van der Waals surface area contributed by atoms with Gasteiger partial charge in [0.25, 0.3) is 0 Å². The highest BCUT2D eigenvalue weighted by Crippen LogP contribution is 2.33. The van der Waals surface area contributed by atoms with Gasteiger partial charge in [-0.05, 0) is 49.0 Å². The maximum atomic E-state index is 6.36. The summed E-state index contributed by atoms with van der Waals surface area (Å²) in [6.07, 6.45) is 4.89. The van der Waals surface area contributed by atoms with Gasteiger partial charge in [-0.15, -0.1) is 0 Å². The molecule has 0 saturated heterocycles. The fourth-order valence-corrected chi connectivity index (χ4v) is 2.99. The molecular formula is C18H23ClO. The Hall–Kier alpha value is -1.21. The van der Waals surface area contributed by atoms with Crippen LogP contribution in [-0.2, 0) is 6.42 Å². The Morgan fingerprint density at radius 3 is 2.60 bits per heavy atom. The van der Waals surface area contributed by atoms with Crippen LogP contribution in [0.1, 0.15) is 44.7 Å². The minimum Gasteiger partial charge on any atom is -0.461 e. The summed E-state index contributed by atoms with van der Waals surface area (Å²) in [5, 5.41) is 0.853. The molecule has 1 nitrogen and oxygen atoms in total. The van der Waals surface area contributed by atoms with Crippen LogP contribution in [0.15, 0.2) is 40.6 Å². The standard InChI is InChI=1S/C18H23ClO/c1-5-14-10-13(4)6-9-18(14)20-15-7-8-16(12(2)3)17(19)11-15/h6,9-12H,5,7-8H2,1-4H3. The molecule has 0 amide bonds. The lowest BCUT2D eigenvalue weighted by atomic mass is 9.94. The number of aryl methyl sites for hydroxylation is 2. The molecule has 0 N–H and O–H groups in total. The molecule has 1 aliphatic carbocycles. The number of benzene rings is 1. The molecule has 0 unspecified atom stereocenters. The predicted molar refractivity (Wildman–Crippen MR) is 86.2 cm³/mol. The van der Waals surface area contributed by atoms with Gasteiger partial charge < -0.3 is 4.74 Å². The van der Waals surface area contributed by atoms with Crippen molar-refractivity contribution in [3.05, 3.63) is 51.8 Å². The zero-order chi connectivity index (χ0) is 14.7. The van der Waals surface area contributed by atoms with E-state index < -0.39 is 0 Å². The Kier molecular flexibility index (Phi) is 4.93. The minimum atomic E-state index is 0.505. The summed E-state index contributed by atoms with van der Waals surface area (Å²) >= 11 is 6.36. The van der Waals surface area contributed by atoms with Gasteiger partial charge in [-0.25, -0.2) is 0 Å². The summed E-state index contributed by atoms with van der Waals surface area (Å²) in [7, 11) is 0. The SMILES string of the molecule is CCc1cc(C)ccc1OC1=CC(Cl)=C(C(C)C)CC1. The molecule has 0 bridgehead atoms. The first-order valence-electron chi connectivity index (χ1n) is 7.37. The van der Waals surface area contributed by atoms with Crippen molar-refractivity contribution in [1.29, 1.82) is 0 Å². The molecule has 0 fully saturated rings. The monoisotopic (exact) mass is 290 g/mol. The van der Waals surface area contributed by atoms with Crippen LogP contribution in [0.2, 0.25) is 0 Å². The smallest absolute Gasteiger partial charge is 0.130 e. The van der Waals surface area contributed by atoms with E-state index in [4.69, 9.17) is 16.3 Å². The van der Waals surface area contributed by atoms with Crippen LogP contribution in [0.5, 0.6) is 5.75 Å².